The van der Waals surface area contributed by atoms with Crippen LogP contribution in [0.25, 0.3) is 0 Å². The van der Waals surface area contributed by atoms with Crippen LogP contribution in [0.3, 0.4) is 0 Å². The van der Waals surface area contributed by atoms with Gasteiger partial charge >= 0.3 is 0 Å². The van der Waals surface area contributed by atoms with Crippen LogP contribution in [-0.2, 0) is 0 Å². The largest absolute Gasteiger partial charge is 0.224 e. The molecule has 2 heterocycles. The standard InChI is InChI=1S/C8H9ClN4/c1-6-4-10-13(5-6)8-3-2-7(9)11-12-8/h4-5H,2-3H2,1H3. The van der Waals surface area contributed by atoms with E-state index >= 15 is 0 Å². The molecule has 68 valence electrons. The van der Waals surface area contributed by atoms with E-state index in [9.17, 15) is 0 Å². The summed E-state index contributed by atoms with van der Waals surface area (Å²) < 4.78 is 1.74. The molecule has 1 aliphatic rings. The van der Waals surface area contributed by atoms with Gasteiger partial charge in [-0.3, -0.25) is 0 Å². The molecule has 0 bridgehead atoms. The second kappa shape index (κ2) is 3.30. The van der Waals surface area contributed by atoms with E-state index in [1.54, 1.807) is 10.9 Å². The van der Waals surface area contributed by atoms with Crippen molar-refractivity contribution in [1.82, 2.24) is 9.78 Å². The van der Waals surface area contributed by atoms with Crippen molar-refractivity contribution >= 4 is 22.6 Å². The summed E-state index contributed by atoms with van der Waals surface area (Å²) in [5.41, 5.74) is 1.11. The predicted octanol–water partition coefficient (Wildman–Crippen LogP) is 1.78. The fraction of sp³-hybridized carbons (Fsp3) is 0.375. The molecule has 0 radical (unpaired) electrons. The Kier molecular flexibility index (Phi) is 2.14. The SMILES string of the molecule is Cc1cnn(C2=NN=C(Cl)CC2)c1. The van der Waals surface area contributed by atoms with E-state index in [-0.39, 0.29) is 0 Å². The van der Waals surface area contributed by atoms with Crippen LogP contribution in [0.15, 0.2) is 22.6 Å². The maximum absolute atomic E-state index is 5.69. The van der Waals surface area contributed by atoms with Gasteiger partial charge in [0.1, 0.15) is 5.17 Å². The summed E-state index contributed by atoms with van der Waals surface area (Å²) in [6.07, 6.45) is 5.26. The average Bonchev–Trinajstić information content (AvgIpc) is 2.53. The summed E-state index contributed by atoms with van der Waals surface area (Å²) in [7, 11) is 0. The second-order valence-corrected chi connectivity index (χ2v) is 3.39. The lowest BCUT2D eigenvalue weighted by Gasteiger charge is -2.07. The van der Waals surface area contributed by atoms with Crippen LogP contribution >= 0.6 is 11.6 Å². The fourth-order valence-electron chi connectivity index (χ4n) is 1.14. The molecule has 0 unspecified atom stereocenters. The number of aryl methyl sites for hydroxylation is 1. The van der Waals surface area contributed by atoms with Crippen molar-refractivity contribution in [1.29, 1.82) is 0 Å². The number of nitrogens with zero attached hydrogens (tertiary/aromatic N) is 4. The highest BCUT2D eigenvalue weighted by atomic mass is 35.5. The Balaban J connectivity index is 2.28. The van der Waals surface area contributed by atoms with Gasteiger partial charge in [0.05, 0.1) is 6.20 Å². The maximum atomic E-state index is 5.69. The quantitative estimate of drug-likeness (QED) is 0.624. The van der Waals surface area contributed by atoms with Crippen LogP contribution in [0.2, 0.25) is 0 Å². The van der Waals surface area contributed by atoms with E-state index in [0.717, 1.165) is 24.2 Å². The smallest absolute Gasteiger partial charge is 0.152 e. The zero-order valence-electron chi connectivity index (χ0n) is 7.24. The van der Waals surface area contributed by atoms with Crippen LogP contribution in [0, 0.1) is 6.92 Å². The highest BCUT2D eigenvalue weighted by molar-refractivity contribution is 6.65. The first-order valence-corrected chi connectivity index (χ1v) is 4.44. The van der Waals surface area contributed by atoms with Gasteiger partial charge in [-0.05, 0) is 12.5 Å². The summed E-state index contributed by atoms with van der Waals surface area (Å²) in [5.74, 6) is 0.845. The summed E-state index contributed by atoms with van der Waals surface area (Å²) in [5, 5.41) is 12.5. The molecule has 4 nitrogen and oxygen atoms in total. The van der Waals surface area contributed by atoms with E-state index in [4.69, 9.17) is 11.6 Å². The Labute approximate surface area is 80.9 Å². The van der Waals surface area contributed by atoms with Gasteiger partial charge < -0.3 is 0 Å². The minimum atomic E-state index is 0.563. The Morgan fingerprint density at radius 2 is 2.23 bits per heavy atom. The minimum Gasteiger partial charge on any atom is -0.224 e. The van der Waals surface area contributed by atoms with E-state index in [1.165, 1.54) is 0 Å². The third-order valence-electron chi connectivity index (χ3n) is 1.80. The molecule has 2 rings (SSSR count). The molecular weight excluding hydrogens is 188 g/mol. The highest BCUT2D eigenvalue weighted by Crippen LogP contribution is 2.08. The zero-order chi connectivity index (χ0) is 9.26. The third kappa shape index (κ3) is 1.78. The topological polar surface area (TPSA) is 42.5 Å². The first-order chi connectivity index (χ1) is 6.25. The Hall–Kier alpha value is -1.16. The van der Waals surface area contributed by atoms with Crippen LogP contribution < -0.4 is 0 Å². The molecule has 0 amide bonds. The Morgan fingerprint density at radius 3 is 2.77 bits per heavy atom. The molecule has 0 spiro atoms. The van der Waals surface area contributed by atoms with Gasteiger partial charge in [0.15, 0.2) is 5.84 Å². The monoisotopic (exact) mass is 196 g/mol. The Morgan fingerprint density at radius 1 is 1.38 bits per heavy atom. The molecule has 0 atom stereocenters. The molecule has 1 aromatic heterocycles. The first kappa shape index (κ1) is 8.44. The molecule has 0 aliphatic carbocycles. The van der Waals surface area contributed by atoms with Gasteiger partial charge in [0.25, 0.3) is 0 Å². The van der Waals surface area contributed by atoms with Crippen molar-refractivity contribution in [2.45, 2.75) is 19.8 Å². The van der Waals surface area contributed by atoms with Crippen molar-refractivity contribution in [2.24, 2.45) is 10.2 Å². The Bertz CT molecular complexity index is 377. The molecule has 0 aromatic carbocycles. The lowest BCUT2D eigenvalue weighted by molar-refractivity contribution is 0.866. The van der Waals surface area contributed by atoms with Crippen LogP contribution in [0.1, 0.15) is 18.4 Å². The van der Waals surface area contributed by atoms with Crippen LogP contribution in [-0.4, -0.2) is 20.8 Å². The fourth-order valence-corrected chi connectivity index (χ4v) is 1.27. The van der Waals surface area contributed by atoms with Crippen molar-refractivity contribution in [3.05, 3.63) is 18.0 Å². The highest BCUT2D eigenvalue weighted by Gasteiger charge is 2.09. The average molecular weight is 197 g/mol. The first-order valence-electron chi connectivity index (χ1n) is 4.06. The molecule has 0 N–H and O–H groups in total. The molecule has 0 saturated carbocycles. The number of hydrogen-bond donors (Lipinski definition) is 0. The summed E-state index contributed by atoms with van der Waals surface area (Å²) in [4.78, 5) is 0. The molecular formula is C8H9ClN4. The number of hydrogen-bond acceptors (Lipinski definition) is 3. The lowest BCUT2D eigenvalue weighted by Crippen LogP contribution is -2.15. The van der Waals surface area contributed by atoms with Gasteiger partial charge in [-0.2, -0.15) is 5.10 Å². The van der Waals surface area contributed by atoms with Crippen molar-refractivity contribution in [3.63, 3.8) is 0 Å². The van der Waals surface area contributed by atoms with Gasteiger partial charge in [0, 0.05) is 19.0 Å². The molecule has 1 aliphatic heterocycles. The minimum absolute atomic E-state index is 0.563. The van der Waals surface area contributed by atoms with Gasteiger partial charge in [-0.1, -0.05) is 11.6 Å². The molecule has 5 heteroatoms. The molecule has 0 fully saturated rings. The number of rotatable bonds is 0. The lowest BCUT2D eigenvalue weighted by atomic mass is 10.3. The summed E-state index contributed by atoms with van der Waals surface area (Å²) in [6, 6.07) is 0. The number of halogens is 1. The van der Waals surface area contributed by atoms with E-state index in [0.29, 0.717) is 5.17 Å². The normalized spacial score (nSPS) is 16.8. The van der Waals surface area contributed by atoms with Crippen molar-refractivity contribution in [2.75, 3.05) is 0 Å². The van der Waals surface area contributed by atoms with E-state index < -0.39 is 0 Å². The zero-order valence-corrected chi connectivity index (χ0v) is 7.99. The third-order valence-corrected chi connectivity index (χ3v) is 2.07. The number of aromatic nitrogens is 2. The summed E-state index contributed by atoms with van der Waals surface area (Å²) in [6.45, 7) is 1.99. The second-order valence-electron chi connectivity index (χ2n) is 2.95. The molecule has 0 saturated heterocycles. The summed E-state index contributed by atoms with van der Waals surface area (Å²) >= 11 is 5.69. The maximum Gasteiger partial charge on any atom is 0.152 e. The van der Waals surface area contributed by atoms with Crippen LogP contribution in [0.4, 0.5) is 0 Å². The van der Waals surface area contributed by atoms with Gasteiger partial charge in [0.2, 0.25) is 0 Å². The molecule has 13 heavy (non-hydrogen) atoms. The van der Waals surface area contributed by atoms with E-state index in [2.05, 4.69) is 15.3 Å². The predicted molar refractivity (Wildman–Crippen MR) is 52.3 cm³/mol. The van der Waals surface area contributed by atoms with E-state index in [1.807, 2.05) is 13.1 Å². The van der Waals surface area contributed by atoms with Crippen molar-refractivity contribution in [3.8, 4) is 0 Å². The molecule has 1 aromatic rings. The van der Waals surface area contributed by atoms with Crippen molar-refractivity contribution < 1.29 is 0 Å². The van der Waals surface area contributed by atoms with Gasteiger partial charge in [-0.25, -0.2) is 4.68 Å². The van der Waals surface area contributed by atoms with Crippen LogP contribution in [0.5, 0.6) is 0 Å². The van der Waals surface area contributed by atoms with Gasteiger partial charge in [-0.15, -0.1) is 10.2 Å².